The molecule has 18 heavy (non-hydrogen) atoms. The Morgan fingerprint density at radius 1 is 1.11 bits per heavy atom. The molecule has 0 spiro atoms. The van der Waals surface area contributed by atoms with Crippen LogP contribution in [0.3, 0.4) is 0 Å². The van der Waals surface area contributed by atoms with Crippen LogP contribution in [0.1, 0.15) is 18.1 Å². The van der Waals surface area contributed by atoms with Crippen LogP contribution in [-0.2, 0) is 12.4 Å². The van der Waals surface area contributed by atoms with Crippen LogP contribution in [0.25, 0.3) is 0 Å². The van der Waals surface area contributed by atoms with Gasteiger partial charge >= 0.3 is 0 Å². The van der Waals surface area contributed by atoms with E-state index in [1.165, 1.54) is 5.56 Å². The fourth-order valence-electron chi connectivity index (χ4n) is 1.75. The number of alkyl halides is 1. The van der Waals surface area contributed by atoms with E-state index in [0.717, 1.165) is 24.5 Å². The Kier molecular flexibility index (Phi) is 4.53. The SMILES string of the molecule is CCN(Cc1ccncc1)c1ccc(CCl)cn1. The van der Waals surface area contributed by atoms with Crippen molar-refractivity contribution in [2.24, 2.45) is 0 Å². The average molecular weight is 262 g/mol. The fourth-order valence-corrected chi connectivity index (χ4v) is 1.90. The van der Waals surface area contributed by atoms with Gasteiger partial charge in [0.1, 0.15) is 5.82 Å². The molecule has 0 saturated carbocycles. The molecule has 2 aromatic rings. The number of halogens is 1. The van der Waals surface area contributed by atoms with Crippen LogP contribution in [-0.4, -0.2) is 16.5 Å². The molecule has 0 radical (unpaired) electrons. The van der Waals surface area contributed by atoms with Crippen molar-refractivity contribution < 1.29 is 0 Å². The summed E-state index contributed by atoms with van der Waals surface area (Å²) in [7, 11) is 0. The Morgan fingerprint density at radius 2 is 1.89 bits per heavy atom. The zero-order chi connectivity index (χ0) is 12.8. The molecule has 94 valence electrons. The van der Waals surface area contributed by atoms with Gasteiger partial charge in [-0.15, -0.1) is 11.6 Å². The van der Waals surface area contributed by atoms with E-state index in [1.807, 2.05) is 42.9 Å². The van der Waals surface area contributed by atoms with E-state index in [9.17, 15) is 0 Å². The first-order valence-electron chi connectivity index (χ1n) is 5.98. The number of hydrogen-bond acceptors (Lipinski definition) is 3. The van der Waals surface area contributed by atoms with E-state index < -0.39 is 0 Å². The molecule has 0 N–H and O–H groups in total. The van der Waals surface area contributed by atoms with Crippen LogP contribution in [0.2, 0.25) is 0 Å². The third-order valence-corrected chi connectivity index (χ3v) is 3.10. The third kappa shape index (κ3) is 3.20. The summed E-state index contributed by atoms with van der Waals surface area (Å²) in [6.45, 7) is 3.88. The maximum absolute atomic E-state index is 5.76. The first kappa shape index (κ1) is 12.8. The Morgan fingerprint density at radius 3 is 2.44 bits per heavy atom. The molecule has 0 saturated heterocycles. The van der Waals surface area contributed by atoms with E-state index in [2.05, 4.69) is 21.8 Å². The number of pyridine rings is 2. The molecule has 4 heteroatoms. The molecule has 0 aliphatic carbocycles. The van der Waals surface area contributed by atoms with Gasteiger partial charge in [0, 0.05) is 37.6 Å². The fraction of sp³-hybridized carbons (Fsp3) is 0.286. The minimum Gasteiger partial charge on any atom is -0.353 e. The molecule has 0 fully saturated rings. The standard InChI is InChI=1S/C14H16ClN3/c1-2-18(11-12-5-7-16-8-6-12)14-4-3-13(9-15)10-17-14/h3-8,10H,2,9,11H2,1H3. The topological polar surface area (TPSA) is 29.0 Å². The molecule has 0 aromatic carbocycles. The van der Waals surface area contributed by atoms with Crippen molar-refractivity contribution in [3.63, 3.8) is 0 Å². The van der Waals surface area contributed by atoms with Gasteiger partial charge in [0.25, 0.3) is 0 Å². The summed E-state index contributed by atoms with van der Waals surface area (Å²) in [6.07, 6.45) is 5.46. The third-order valence-electron chi connectivity index (χ3n) is 2.79. The Labute approximate surface area is 112 Å². The minimum atomic E-state index is 0.504. The average Bonchev–Trinajstić information content (AvgIpc) is 2.46. The molecule has 0 aliphatic heterocycles. The molecule has 2 heterocycles. The van der Waals surface area contributed by atoms with Crippen molar-refractivity contribution >= 4 is 17.4 Å². The quantitative estimate of drug-likeness (QED) is 0.774. The summed E-state index contributed by atoms with van der Waals surface area (Å²) in [5.41, 5.74) is 2.27. The zero-order valence-corrected chi connectivity index (χ0v) is 11.1. The maximum atomic E-state index is 5.76. The van der Waals surface area contributed by atoms with E-state index in [4.69, 9.17) is 11.6 Å². The molecule has 0 bridgehead atoms. The highest BCUT2D eigenvalue weighted by molar-refractivity contribution is 6.17. The van der Waals surface area contributed by atoms with Gasteiger partial charge in [-0.25, -0.2) is 4.98 Å². The number of aromatic nitrogens is 2. The first-order valence-corrected chi connectivity index (χ1v) is 6.51. The summed E-state index contributed by atoms with van der Waals surface area (Å²) in [6, 6.07) is 8.08. The van der Waals surface area contributed by atoms with Gasteiger partial charge in [0.05, 0.1) is 0 Å². The van der Waals surface area contributed by atoms with Gasteiger partial charge in [-0.2, -0.15) is 0 Å². The van der Waals surface area contributed by atoms with Crippen molar-refractivity contribution in [1.82, 2.24) is 9.97 Å². The maximum Gasteiger partial charge on any atom is 0.128 e. The van der Waals surface area contributed by atoms with Gasteiger partial charge in [-0.1, -0.05) is 6.07 Å². The number of anilines is 1. The van der Waals surface area contributed by atoms with E-state index in [0.29, 0.717) is 5.88 Å². The summed E-state index contributed by atoms with van der Waals surface area (Å²) in [5, 5.41) is 0. The summed E-state index contributed by atoms with van der Waals surface area (Å²) >= 11 is 5.76. The van der Waals surface area contributed by atoms with Crippen molar-refractivity contribution in [2.45, 2.75) is 19.3 Å². The largest absolute Gasteiger partial charge is 0.353 e. The Balaban J connectivity index is 2.12. The van der Waals surface area contributed by atoms with Gasteiger partial charge in [-0.05, 0) is 36.2 Å². The lowest BCUT2D eigenvalue weighted by Gasteiger charge is -2.22. The van der Waals surface area contributed by atoms with Gasteiger partial charge < -0.3 is 4.90 Å². The number of nitrogens with zero attached hydrogens (tertiary/aromatic N) is 3. The van der Waals surface area contributed by atoms with Crippen LogP contribution < -0.4 is 4.90 Å². The lowest BCUT2D eigenvalue weighted by molar-refractivity contribution is 0.811. The molecule has 2 rings (SSSR count). The predicted octanol–water partition coefficient (Wildman–Crippen LogP) is 3.24. The minimum absolute atomic E-state index is 0.504. The second-order valence-electron chi connectivity index (χ2n) is 4.03. The van der Waals surface area contributed by atoms with Crippen LogP contribution in [0, 0.1) is 0 Å². The second kappa shape index (κ2) is 6.36. The van der Waals surface area contributed by atoms with Crippen molar-refractivity contribution in [1.29, 1.82) is 0 Å². The van der Waals surface area contributed by atoms with Crippen LogP contribution in [0.5, 0.6) is 0 Å². The molecule has 0 atom stereocenters. The Bertz CT molecular complexity index is 470. The Hall–Kier alpha value is -1.61. The van der Waals surface area contributed by atoms with Crippen LogP contribution in [0.4, 0.5) is 5.82 Å². The van der Waals surface area contributed by atoms with Crippen LogP contribution >= 0.6 is 11.6 Å². The molecule has 3 nitrogen and oxygen atoms in total. The van der Waals surface area contributed by atoms with Crippen molar-refractivity contribution in [3.8, 4) is 0 Å². The monoisotopic (exact) mass is 261 g/mol. The van der Waals surface area contributed by atoms with Gasteiger partial charge in [0.2, 0.25) is 0 Å². The molecule has 0 unspecified atom stereocenters. The smallest absolute Gasteiger partial charge is 0.128 e. The lowest BCUT2D eigenvalue weighted by atomic mass is 10.2. The van der Waals surface area contributed by atoms with Crippen molar-refractivity contribution in [3.05, 3.63) is 54.0 Å². The highest BCUT2D eigenvalue weighted by Crippen LogP contribution is 2.15. The number of hydrogen-bond donors (Lipinski definition) is 0. The van der Waals surface area contributed by atoms with E-state index >= 15 is 0 Å². The highest BCUT2D eigenvalue weighted by Gasteiger charge is 2.06. The first-order chi connectivity index (χ1) is 8.83. The lowest BCUT2D eigenvalue weighted by Crippen LogP contribution is -2.23. The van der Waals surface area contributed by atoms with E-state index in [-0.39, 0.29) is 0 Å². The molecular weight excluding hydrogens is 246 g/mol. The van der Waals surface area contributed by atoms with Gasteiger partial charge in [-0.3, -0.25) is 4.98 Å². The molecule has 2 aromatic heterocycles. The summed E-state index contributed by atoms with van der Waals surface area (Å²) in [5.74, 6) is 1.48. The molecule has 0 aliphatic rings. The second-order valence-corrected chi connectivity index (χ2v) is 4.30. The summed E-state index contributed by atoms with van der Waals surface area (Å²) in [4.78, 5) is 10.7. The predicted molar refractivity (Wildman–Crippen MR) is 74.8 cm³/mol. The number of rotatable bonds is 5. The van der Waals surface area contributed by atoms with E-state index in [1.54, 1.807) is 0 Å². The van der Waals surface area contributed by atoms with Crippen molar-refractivity contribution in [2.75, 3.05) is 11.4 Å². The molecular formula is C14H16ClN3. The van der Waals surface area contributed by atoms with Gasteiger partial charge in [0.15, 0.2) is 0 Å². The zero-order valence-electron chi connectivity index (χ0n) is 10.4. The highest BCUT2D eigenvalue weighted by atomic mass is 35.5. The summed E-state index contributed by atoms with van der Waals surface area (Å²) < 4.78 is 0. The van der Waals surface area contributed by atoms with Crippen LogP contribution in [0.15, 0.2) is 42.9 Å². The molecule has 0 amide bonds. The normalized spacial score (nSPS) is 10.3.